The highest BCUT2D eigenvalue weighted by molar-refractivity contribution is 7.86. The number of halogens is 8. The predicted octanol–water partition coefficient (Wildman–Crippen LogP) is 7.33. The van der Waals surface area contributed by atoms with E-state index < -0.39 is 140 Å². The average Bonchev–Trinajstić information content (AvgIpc) is 3.59. The maximum absolute atomic E-state index is 15.8. The van der Waals surface area contributed by atoms with Gasteiger partial charge in [0.25, 0.3) is 5.69 Å². The minimum Gasteiger partial charge on any atom is -0.748 e. The Balaban J connectivity index is 1.87. The summed E-state index contributed by atoms with van der Waals surface area (Å²) in [6.45, 7) is 2.07. The first kappa shape index (κ1) is 53.4. The van der Waals surface area contributed by atoms with E-state index in [4.69, 9.17) is 5.11 Å². The molecule has 0 radical (unpaired) electrons. The van der Waals surface area contributed by atoms with Crippen LogP contribution in [0.15, 0.2) is 36.1 Å². The first-order chi connectivity index (χ1) is 30.1. The van der Waals surface area contributed by atoms with Crippen molar-refractivity contribution in [2.75, 3.05) is 35.2 Å². The van der Waals surface area contributed by atoms with Crippen LogP contribution in [0.2, 0.25) is 0 Å². The number of anilines is 1. The number of benzene rings is 2. The van der Waals surface area contributed by atoms with E-state index in [9.17, 15) is 61.3 Å². The maximum atomic E-state index is 15.8. The van der Waals surface area contributed by atoms with Gasteiger partial charge < -0.3 is 23.7 Å². The Morgan fingerprint density at radius 2 is 1.09 bits per heavy atom. The van der Waals surface area contributed by atoms with Gasteiger partial charge in [0.05, 0.1) is 47.0 Å². The molecule has 2 aromatic carbocycles. The van der Waals surface area contributed by atoms with Gasteiger partial charge in [0.2, 0.25) is 11.6 Å². The summed E-state index contributed by atoms with van der Waals surface area (Å²) >= 11 is 0. The van der Waals surface area contributed by atoms with E-state index in [1.54, 1.807) is 0 Å². The van der Waals surface area contributed by atoms with Crippen LogP contribution in [0.25, 0.3) is 0 Å². The number of nitrogens with zero attached hydrogens (tertiary/aromatic N) is 2. The monoisotopic (exact) mass is 990 g/mol. The fraction of sp³-hybridized carbons (Fsp3) is 0.512. The molecule has 2 unspecified atom stereocenters. The molecule has 2 aromatic rings. The van der Waals surface area contributed by atoms with E-state index in [1.165, 1.54) is 44.2 Å². The SMILES string of the molecule is CC1(CCCCS(=O)(=O)[O-])C(/C=C/C=C/C=C2/N(CCCCS(=O)(=O)[O-])c3c(F)c(F)c(F)c(F)c3C2(C)CCCCS(=O)(=O)[O-])=[N+](CCCCCC(=O)O)c2c(F)c(F)c(F)c(F)c21. The molecule has 1 N–H and O–H groups in total. The summed E-state index contributed by atoms with van der Waals surface area (Å²) in [6, 6.07) is 0. The molecule has 0 saturated heterocycles. The molecular formula is C41H46F8N2O11S3-2. The van der Waals surface area contributed by atoms with Gasteiger partial charge in [-0.1, -0.05) is 31.1 Å². The molecule has 13 nitrogen and oxygen atoms in total. The van der Waals surface area contributed by atoms with Gasteiger partial charge in [-0.3, -0.25) is 4.79 Å². The van der Waals surface area contributed by atoms with Gasteiger partial charge in [-0.25, -0.2) is 56.0 Å². The zero-order valence-electron chi connectivity index (χ0n) is 35.1. The number of fused-ring (bicyclic) bond motifs is 2. The molecular weight excluding hydrogens is 945 g/mol. The van der Waals surface area contributed by atoms with E-state index in [1.807, 2.05) is 0 Å². The van der Waals surface area contributed by atoms with Gasteiger partial charge in [-0.15, -0.1) is 0 Å². The third-order valence-corrected chi connectivity index (χ3v) is 13.9. The molecule has 2 atom stereocenters. The fourth-order valence-electron chi connectivity index (χ4n) is 8.51. The van der Waals surface area contributed by atoms with Gasteiger partial charge >= 0.3 is 5.97 Å². The van der Waals surface area contributed by atoms with Crippen molar-refractivity contribution in [3.8, 4) is 0 Å². The molecule has 4 rings (SSSR count). The number of aliphatic carboxylic acids is 1. The van der Waals surface area contributed by atoms with E-state index in [0.29, 0.717) is 0 Å². The molecule has 2 aliphatic heterocycles. The number of hydrogen-bond acceptors (Lipinski definition) is 11. The van der Waals surface area contributed by atoms with E-state index >= 15 is 17.6 Å². The predicted molar refractivity (Wildman–Crippen MR) is 217 cm³/mol. The Hall–Kier alpha value is -4.23. The molecule has 0 aromatic heterocycles. The number of unbranched alkanes of at least 4 members (excludes halogenated alkanes) is 5. The smallest absolute Gasteiger partial charge is 0.303 e. The van der Waals surface area contributed by atoms with Crippen molar-refractivity contribution < 1.29 is 88.5 Å². The Labute approximate surface area is 371 Å². The highest BCUT2D eigenvalue weighted by Crippen LogP contribution is 2.54. The standard InChI is InChI=1S/C41H48F8N2O11S3/c1-40(18-8-12-22-63(54,55)56)25(50(20-10-4-7-17-27(52)53)38-28(40)30(42)32(44)34(46)36(38)48)15-5-3-6-16-26-41(2,19-9-13-23-64(57,58)59)29-31(43)33(45)35(47)37(49)39(29)51(26)21-11-14-24-65(60,61)62/h3,5-6,15-16H,4,7-14,17-24H2,1-2H3,(H3-,52,53,54,55,56,57,58,59,60,61,62)/p-2. The lowest BCUT2D eigenvalue weighted by Gasteiger charge is -2.30. The Kier molecular flexibility index (Phi) is 17.4. The first-order valence-corrected chi connectivity index (χ1v) is 25.0. The molecule has 2 heterocycles. The maximum Gasteiger partial charge on any atom is 0.303 e. The second-order valence-electron chi connectivity index (χ2n) is 16.2. The fourth-order valence-corrected chi connectivity index (χ4v) is 10.2. The van der Waals surface area contributed by atoms with Gasteiger partial charge in [0, 0.05) is 59.4 Å². The first-order valence-electron chi connectivity index (χ1n) is 20.3. The van der Waals surface area contributed by atoms with Crippen LogP contribution in [-0.2, 0) is 46.0 Å². The number of carboxylic acid groups (broad SMARTS) is 1. The zero-order valence-corrected chi connectivity index (χ0v) is 37.5. The molecule has 0 aliphatic carbocycles. The summed E-state index contributed by atoms with van der Waals surface area (Å²) in [4.78, 5) is 12.1. The summed E-state index contributed by atoms with van der Waals surface area (Å²) in [7, 11) is -14.2. The lowest BCUT2D eigenvalue weighted by molar-refractivity contribution is -0.441. The Bertz CT molecular complexity index is 2640. The molecule has 0 spiro atoms. The van der Waals surface area contributed by atoms with Crippen molar-refractivity contribution in [1.82, 2.24) is 0 Å². The second-order valence-corrected chi connectivity index (χ2v) is 20.8. The van der Waals surface area contributed by atoms with Gasteiger partial charge in [0.1, 0.15) is 6.54 Å². The summed E-state index contributed by atoms with van der Waals surface area (Å²) < 4.78 is 226. The Morgan fingerprint density at radius 3 is 1.63 bits per heavy atom. The summed E-state index contributed by atoms with van der Waals surface area (Å²) in [6.07, 6.45) is 4.82. The van der Waals surface area contributed by atoms with Gasteiger partial charge in [-0.2, -0.15) is 8.97 Å². The second kappa shape index (κ2) is 21.2. The summed E-state index contributed by atoms with van der Waals surface area (Å²) in [5.41, 5.74) is -6.33. The van der Waals surface area contributed by atoms with Crippen LogP contribution in [0.5, 0.6) is 0 Å². The van der Waals surface area contributed by atoms with Crippen molar-refractivity contribution >= 4 is 53.4 Å². The molecule has 2 aliphatic rings. The molecule has 0 saturated carbocycles. The third-order valence-electron chi connectivity index (χ3n) is 11.5. The van der Waals surface area contributed by atoms with Crippen molar-refractivity contribution in [3.63, 3.8) is 0 Å². The van der Waals surface area contributed by atoms with E-state index in [-0.39, 0.29) is 95.0 Å². The van der Waals surface area contributed by atoms with Crippen LogP contribution >= 0.6 is 0 Å². The quantitative estimate of drug-likeness (QED) is 0.0208. The minimum atomic E-state index is -4.72. The van der Waals surface area contributed by atoms with Crippen LogP contribution in [0, 0.1) is 46.5 Å². The molecule has 0 fully saturated rings. The third kappa shape index (κ3) is 12.6. The number of carboxylic acids is 1. The molecule has 0 bridgehead atoms. The van der Waals surface area contributed by atoms with Crippen LogP contribution in [0.1, 0.15) is 102 Å². The van der Waals surface area contributed by atoms with Crippen LogP contribution < -0.4 is 4.90 Å². The number of allylic oxidation sites excluding steroid dienone is 6. The lowest BCUT2D eigenvalue weighted by Crippen LogP contribution is -2.32. The highest BCUT2D eigenvalue weighted by atomic mass is 32.2. The van der Waals surface area contributed by atoms with E-state index in [0.717, 1.165) is 9.48 Å². The van der Waals surface area contributed by atoms with Crippen molar-refractivity contribution in [2.24, 2.45) is 0 Å². The van der Waals surface area contributed by atoms with Gasteiger partial charge in [0.15, 0.2) is 40.6 Å². The lowest BCUT2D eigenvalue weighted by atomic mass is 9.75. The van der Waals surface area contributed by atoms with Crippen LogP contribution in [0.4, 0.5) is 46.5 Å². The van der Waals surface area contributed by atoms with Crippen molar-refractivity contribution in [3.05, 3.63) is 93.7 Å². The number of hydrogen-bond donors (Lipinski definition) is 1. The Morgan fingerprint density at radius 1 is 0.600 bits per heavy atom. The highest BCUT2D eigenvalue weighted by Gasteiger charge is 2.53. The van der Waals surface area contributed by atoms with Crippen molar-refractivity contribution in [1.29, 1.82) is 0 Å². The topological polar surface area (TPSA) is 215 Å². The molecule has 65 heavy (non-hydrogen) atoms. The average molecular weight is 991 g/mol. The van der Waals surface area contributed by atoms with Crippen LogP contribution in [0.3, 0.4) is 0 Å². The normalized spacial score (nSPS) is 19.7. The van der Waals surface area contributed by atoms with E-state index in [2.05, 4.69) is 0 Å². The number of carbonyl (C=O) groups is 1. The number of rotatable bonds is 24. The van der Waals surface area contributed by atoms with Gasteiger partial charge in [-0.05, 0) is 71.3 Å². The molecule has 24 heteroatoms. The summed E-state index contributed by atoms with van der Waals surface area (Å²) in [5, 5.41) is 9.05. The molecule has 362 valence electrons. The van der Waals surface area contributed by atoms with Crippen molar-refractivity contribution in [2.45, 2.75) is 102 Å². The zero-order chi connectivity index (χ0) is 48.9. The molecule has 0 amide bonds. The largest absolute Gasteiger partial charge is 0.748 e. The van der Waals surface area contributed by atoms with Crippen LogP contribution in [-0.4, -0.2) is 90.6 Å². The summed E-state index contributed by atoms with van der Waals surface area (Å²) in [5.74, 6) is -19.4. The minimum absolute atomic E-state index is 0.0206.